The predicted octanol–water partition coefficient (Wildman–Crippen LogP) is 2.94. The van der Waals surface area contributed by atoms with Gasteiger partial charge in [-0.2, -0.15) is 0 Å². The Morgan fingerprint density at radius 2 is 2.12 bits per heavy atom. The summed E-state index contributed by atoms with van der Waals surface area (Å²) in [6, 6.07) is 5.25. The van der Waals surface area contributed by atoms with Gasteiger partial charge < -0.3 is 13.6 Å². The highest BCUT2D eigenvalue weighted by atomic mass is 32.1. The lowest BCUT2D eigenvalue weighted by molar-refractivity contribution is -0.134. The largest absolute Gasteiger partial charge is 0.466 e. The maximum atomic E-state index is 10.9. The third-order valence-corrected chi connectivity index (χ3v) is 2.13. The van der Waals surface area contributed by atoms with Crippen LogP contribution in [-0.4, -0.2) is 13.1 Å². The Balaban J connectivity index is 2.35. The van der Waals surface area contributed by atoms with Crippen LogP contribution in [-0.2, 0) is 9.53 Å². The second-order valence-electron chi connectivity index (χ2n) is 3.02. The van der Waals surface area contributed by atoms with Crippen molar-refractivity contribution in [2.75, 3.05) is 7.11 Å². The molecule has 0 spiro atoms. The monoisotopic (exact) mass is 236 g/mol. The lowest BCUT2D eigenvalue weighted by Gasteiger charge is -1.92. The Morgan fingerprint density at radius 1 is 1.38 bits per heavy atom. The third kappa shape index (κ3) is 2.20. The van der Waals surface area contributed by atoms with E-state index in [9.17, 15) is 4.79 Å². The van der Waals surface area contributed by atoms with Gasteiger partial charge in [0.25, 0.3) is 0 Å². The zero-order valence-electron chi connectivity index (χ0n) is 8.43. The summed E-state index contributed by atoms with van der Waals surface area (Å²) in [6.45, 7) is 0. The number of hydrogen-bond donors (Lipinski definition) is 0. The molecule has 0 unspecified atom stereocenters. The van der Waals surface area contributed by atoms with Crippen LogP contribution in [0.25, 0.3) is 17.2 Å². The molecule has 0 aliphatic carbocycles. The summed E-state index contributed by atoms with van der Waals surface area (Å²) >= 11 is 4.76. The number of esters is 1. The standard InChI is InChI=1S/C11H8O4S/c1-13-10(12)5-3-7-2-4-8-9(6-7)15-11(16)14-8/h2-6H,1H3/b5-3+. The second-order valence-corrected chi connectivity index (χ2v) is 3.35. The molecule has 0 radical (unpaired) electrons. The van der Waals surface area contributed by atoms with E-state index in [2.05, 4.69) is 4.74 Å². The first kappa shape index (κ1) is 10.6. The predicted molar refractivity (Wildman–Crippen MR) is 60.4 cm³/mol. The van der Waals surface area contributed by atoms with Gasteiger partial charge in [0.2, 0.25) is 0 Å². The molecular formula is C11H8O4S. The van der Waals surface area contributed by atoms with E-state index >= 15 is 0 Å². The molecule has 0 atom stereocenters. The highest BCUT2D eigenvalue weighted by molar-refractivity contribution is 7.71. The minimum Gasteiger partial charge on any atom is -0.466 e. The van der Waals surface area contributed by atoms with E-state index in [4.69, 9.17) is 21.1 Å². The first-order valence-corrected chi connectivity index (χ1v) is 4.89. The van der Waals surface area contributed by atoms with Crippen LogP contribution >= 0.6 is 12.2 Å². The quantitative estimate of drug-likeness (QED) is 0.456. The molecule has 0 aliphatic heterocycles. The summed E-state index contributed by atoms with van der Waals surface area (Å²) in [5.74, 6) is -0.409. The molecule has 1 aromatic carbocycles. The number of carbonyl (C=O) groups excluding carboxylic acids is 1. The Hall–Kier alpha value is -1.88. The lowest BCUT2D eigenvalue weighted by Crippen LogP contribution is -1.93. The van der Waals surface area contributed by atoms with E-state index in [1.165, 1.54) is 13.2 Å². The molecule has 2 rings (SSSR count). The molecule has 0 aliphatic rings. The first-order valence-electron chi connectivity index (χ1n) is 4.49. The molecule has 5 heteroatoms. The fraction of sp³-hybridized carbons (Fsp3) is 0.0909. The number of benzene rings is 1. The highest BCUT2D eigenvalue weighted by Crippen LogP contribution is 2.19. The second kappa shape index (κ2) is 4.32. The van der Waals surface area contributed by atoms with E-state index in [-0.39, 0.29) is 4.90 Å². The van der Waals surface area contributed by atoms with Crippen molar-refractivity contribution in [3.63, 3.8) is 0 Å². The summed E-state index contributed by atoms with van der Waals surface area (Å²) in [7, 11) is 1.32. The summed E-state index contributed by atoms with van der Waals surface area (Å²) in [4.78, 5) is 11.0. The molecule has 0 bridgehead atoms. The Bertz CT molecular complexity index is 606. The molecule has 0 saturated heterocycles. The Labute approximate surface area is 96.1 Å². The van der Waals surface area contributed by atoms with Gasteiger partial charge in [0.15, 0.2) is 11.2 Å². The van der Waals surface area contributed by atoms with Crippen LogP contribution in [0, 0.1) is 4.90 Å². The van der Waals surface area contributed by atoms with Crippen LogP contribution in [0.5, 0.6) is 0 Å². The fourth-order valence-corrected chi connectivity index (χ4v) is 1.40. The lowest BCUT2D eigenvalue weighted by atomic mass is 10.2. The van der Waals surface area contributed by atoms with Crippen LogP contribution in [0.4, 0.5) is 0 Å². The number of methoxy groups -OCH3 is 1. The molecule has 0 saturated carbocycles. The van der Waals surface area contributed by atoms with E-state index in [0.29, 0.717) is 11.2 Å². The maximum absolute atomic E-state index is 10.9. The van der Waals surface area contributed by atoms with Crippen molar-refractivity contribution in [2.24, 2.45) is 0 Å². The van der Waals surface area contributed by atoms with Crippen LogP contribution in [0.1, 0.15) is 5.56 Å². The zero-order valence-corrected chi connectivity index (χ0v) is 9.24. The molecule has 0 fully saturated rings. The van der Waals surface area contributed by atoms with Crippen molar-refractivity contribution >= 4 is 35.4 Å². The van der Waals surface area contributed by atoms with Gasteiger partial charge in [0.05, 0.1) is 7.11 Å². The molecule has 16 heavy (non-hydrogen) atoms. The molecule has 1 aromatic heterocycles. The van der Waals surface area contributed by atoms with E-state index in [1.807, 2.05) is 0 Å². The van der Waals surface area contributed by atoms with Crippen LogP contribution in [0.2, 0.25) is 0 Å². The minimum absolute atomic E-state index is 0.0871. The molecule has 2 aromatic rings. The van der Waals surface area contributed by atoms with Gasteiger partial charge in [0.1, 0.15) is 0 Å². The third-order valence-electron chi connectivity index (χ3n) is 1.97. The molecule has 1 heterocycles. The molecule has 0 amide bonds. The summed E-state index contributed by atoms with van der Waals surface area (Å²) < 4.78 is 14.7. The van der Waals surface area contributed by atoms with Crippen LogP contribution < -0.4 is 0 Å². The summed E-state index contributed by atoms with van der Waals surface area (Å²) in [6.07, 6.45) is 2.95. The molecule has 82 valence electrons. The Morgan fingerprint density at radius 3 is 2.88 bits per heavy atom. The SMILES string of the molecule is COC(=O)/C=C/c1ccc2oc(=S)oc2c1. The van der Waals surface area contributed by atoms with Gasteiger partial charge in [0, 0.05) is 18.3 Å². The topological polar surface area (TPSA) is 52.6 Å². The minimum atomic E-state index is -0.409. The average Bonchev–Trinajstić information content (AvgIpc) is 2.65. The van der Waals surface area contributed by atoms with Crippen molar-refractivity contribution < 1.29 is 18.4 Å². The fourth-order valence-electron chi connectivity index (χ4n) is 1.23. The van der Waals surface area contributed by atoms with Crippen molar-refractivity contribution in [1.82, 2.24) is 0 Å². The van der Waals surface area contributed by atoms with Crippen LogP contribution in [0.3, 0.4) is 0 Å². The van der Waals surface area contributed by atoms with Gasteiger partial charge in [-0.15, -0.1) is 0 Å². The summed E-state index contributed by atoms with van der Waals surface area (Å²) in [5, 5.41) is 0. The van der Waals surface area contributed by atoms with Crippen molar-refractivity contribution in [3.05, 3.63) is 34.7 Å². The van der Waals surface area contributed by atoms with Gasteiger partial charge in [-0.25, -0.2) is 4.79 Å². The van der Waals surface area contributed by atoms with E-state index in [1.54, 1.807) is 24.3 Å². The maximum Gasteiger partial charge on any atom is 0.363 e. The van der Waals surface area contributed by atoms with E-state index < -0.39 is 5.97 Å². The first-order chi connectivity index (χ1) is 7.69. The number of ether oxygens (including phenoxy) is 1. The van der Waals surface area contributed by atoms with Crippen molar-refractivity contribution in [3.8, 4) is 0 Å². The van der Waals surface area contributed by atoms with Gasteiger partial charge in [-0.05, 0) is 23.8 Å². The molecule has 0 N–H and O–H groups in total. The van der Waals surface area contributed by atoms with Gasteiger partial charge in [-0.3, -0.25) is 0 Å². The number of carbonyl (C=O) groups is 1. The highest BCUT2D eigenvalue weighted by Gasteiger charge is 2.01. The van der Waals surface area contributed by atoms with Crippen molar-refractivity contribution in [1.29, 1.82) is 0 Å². The summed E-state index contributed by atoms with van der Waals surface area (Å²) in [5.41, 5.74) is 1.94. The smallest absolute Gasteiger partial charge is 0.363 e. The molecular weight excluding hydrogens is 228 g/mol. The number of hydrogen-bond acceptors (Lipinski definition) is 5. The Kier molecular flexibility index (Phi) is 2.87. The normalized spacial score (nSPS) is 11.1. The number of fused-ring (bicyclic) bond motifs is 1. The van der Waals surface area contributed by atoms with E-state index in [0.717, 1.165) is 5.56 Å². The zero-order chi connectivity index (χ0) is 11.5. The van der Waals surface area contributed by atoms with Gasteiger partial charge >= 0.3 is 10.9 Å². The van der Waals surface area contributed by atoms with Crippen molar-refractivity contribution in [2.45, 2.75) is 0 Å². The van der Waals surface area contributed by atoms with Crippen LogP contribution in [0.15, 0.2) is 33.1 Å². The molecule has 4 nitrogen and oxygen atoms in total. The van der Waals surface area contributed by atoms with Gasteiger partial charge in [-0.1, -0.05) is 6.07 Å². The number of rotatable bonds is 2. The average molecular weight is 236 g/mol.